The average Bonchev–Trinajstić information content (AvgIpc) is 3.24. The van der Waals surface area contributed by atoms with Gasteiger partial charge in [0.1, 0.15) is 0 Å². The van der Waals surface area contributed by atoms with Crippen molar-refractivity contribution in [2.24, 2.45) is 0 Å². The number of amides is 1. The lowest BCUT2D eigenvalue weighted by Gasteiger charge is -2.26. The fourth-order valence-electron chi connectivity index (χ4n) is 2.80. The number of carbonyl (C=O) groups is 2. The molecule has 0 saturated carbocycles. The molecule has 2 atom stereocenters. The van der Waals surface area contributed by atoms with E-state index in [2.05, 4.69) is 10.2 Å². The second-order valence-corrected chi connectivity index (χ2v) is 5.84. The van der Waals surface area contributed by atoms with E-state index < -0.39 is 12.2 Å². The van der Waals surface area contributed by atoms with Crippen LogP contribution in [0, 0.1) is 6.92 Å². The summed E-state index contributed by atoms with van der Waals surface area (Å²) >= 11 is 0. The van der Waals surface area contributed by atoms with Crippen molar-refractivity contribution < 1.29 is 19.1 Å². The zero-order chi connectivity index (χ0) is 18.0. The zero-order valence-corrected chi connectivity index (χ0v) is 14.4. The Morgan fingerprint density at radius 2 is 2.04 bits per heavy atom. The Labute approximate surface area is 145 Å². The van der Waals surface area contributed by atoms with Crippen LogP contribution < -0.4 is 0 Å². The maximum Gasteiger partial charge on any atom is 0.356 e. The minimum absolute atomic E-state index is 0.224. The molecule has 1 aliphatic heterocycles. The predicted octanol–water partition coefficient (Wildman–Crippen LogP) is 1.33. The van der Waals surface area contributed by atoms with Crippen LogP contribution in [0.1, 0.15) is 29.8 Å². The third kappa shape index (κ3) is 3.25. The highest BCUT2D eigenvalue weighted by Crippen LogP contribution is 2.24. The molecule has 2 aromatic rings. The van der Waals surface area contributed by atoms with Crippen LogP contribution in [0.15, 0.2) is 30.6 Å². The normalized spacial score (nSPS) is 19.9. The van der Waals surface area contributed by atoms with Crippen molar-refractivity contribution in [1.29, 1.82) is 0 Å². The summed E-state index contributed by atoms with van der Waals surface area (Å²) < 4.78 is 10.5. The van der Waals surface area contributed by atoms with E-state index in [4.69, 9.17) is 9.47 Å². The molecule has 1 aromatic heterocycles. The number of hydrogen-bond acceptors (Lipinski definition) is 6. The first kappa shape index (κ1) is 17.1. The van der Waals surface area contributed by atoms with E-state index in [1.807, 2.05) is 19.9 Å². The summed E-state index contributed by atoms with van der Waals surface area (Å²) in [6, 6.07) is 5.17. The average molecular weight is 344 g/mol. The summed E-state index contributed by atoms with van der Waals surface area (Å²) in [6.45, 7) is 5.94. The van der Waals surface area contributed by atoms with Crippen molar-refractivity contribution in [3.63, 3.8) is 0 Å². The molecule has 8 nitrogen and oxygen atoms in total. The number of aromatic nitrogens is 3. The van der Waals surface area contributed by atoms with Gasteiger partial charge in [-0.25, -0.2) is 4.79 Å². The lowest BCUT2D eigenvalue weighted by Crippen LogP contribution is -2.45. The Morgan fingerprint density at radius 3 is 2.72 bits per heavy atom. The van der Waals surface area contributed by atoms with Crippen molar-refractivity contribution in [3.8, 4) is 5.69 Å². The van der Waals surface area contributed by atoms with E-state index in [9.17, 15) is 9.59 Å². The molecule has 0 radical (unpaired) electrons. The molecule has 0 aliphatic carbocycles. The van der Waals surface area contributed by atoms with Crippen LogP contribution in [-0.2, 0) is 14.3 Å². The van der Waals surface area contributed by atoms with Crippen LogP contribution in [0.3, 0.4) is 0 Å². The second kappa shape index (κ2) is 7.02. The van der Waals surface area contributed by atoms with Crippen LogP contribution in [0.4, 0.5) is 0 Å². The predicted molar refractivity (Wildman–Crippen MR) is 88.1 cm³/mol. The zero-order valence-electron chi connectivity index (χ0n) is 14.4. The lowest BCUT2D eigenvalue weighted by molar-refractivity contribution is -0.159. The van der Waals surface area contributed by atoms with Gasteiger partial charge in [-0.05, 0) is 32.9 Å². The standard InChI is InChI=1S/C17H20N4O4/c1-4-24-17(23)16-20(12(3)10-25-16)15(22)13-9-11(2)5-6-14(13)21-18-7-8-19-21/h5-9,12,16H,4,10H2,1-3H3/t12-,16-/m0/s1. The van der Waals surface area contributed by atoms with Gasteiger partial charge in [-0.2, -0.15) is 15.0 Å². The van der Waals surface area contributed by atoms with Gasteiger partial charge in [0, 0.05) is 0 Å². The van der Waals surface area contributed by atoms with Gasteiger partial charge in [0.05, 0.1) is 42.9 Å². The summed E-state index contributed by atoms with van der Waals surface area (Å²) in [5, 5.41) is 8.20. The molecule has 3 rings (SSSR count). The van der Waals surface area contributed by atoms with Gasteiger partial charge < -0.3 is 9.47 Å². The summed E-state index contributed by atoms with van der Waals surface area (Å²) in [4.78, 5) is 28.2. The minimum Gasteiger partial charge on any atom is -0.463 e. The topological polar surface area (TPSA) is 86.5 Å². The van der Waals surface area contributed by atoms with Crippen molar-refractivity contribution in [1.82, 2.24) is 19.9 Å². The monoisotopic (exact) mass is 344 g/mol. The van der Waals surface area contributed by atoms with Gasteiger partial charge in [-0.15, -0.1) is 0 Å². The van der Waals surface area contributed by atoms with Crippen molar-refractivity contribution in [3.05, 3.63) is 41.7 Å². The first-order valence-electron chi connectivity index (χ1n) is 8.11. The van der Waals surface area contributed by atoms with E-state index in [1.165, 1.54) is 22.1 Å². The van der Waals surface area contributed by atoms with Crippen LogP contribution in [0.25, 0.3) is 5.69 Å². The van der Waals surface area contributed by atoms with Gasteiger partial charge >= 0.3 is 5.97 Å². The molecular weight excluding hydrogens is 324 g/mol. The Morgan fingerprint density at radius 1 is 1.32 bits per heavy atom. The lowest BCUT2D eigenvalue weighted by atomic mass is 10.1. The SMILES string of the molecule is CCOC(=O)[C@@H]1OC[C@H](C)N1C(=O)c1cc(C)ccc1-n1nccn1. The number of esters is 1. The molecule has 0 spiro atoms. The van der Waals surface area contributed by atoms with Crippen molar-refractivity contribution in [2.75, 3.05) is 13.2 Å². The third-order valence-electron chi connectivity index (χ3n) is 3.96. The fourth-order valence-corrected chi connectivity index (χ4v) is 2.80. The Balaban J connectivity index is 1.99. The smallest absolute Gasteiger partial charge is 0.356 e. The van der Waals surface area contributed by atoms with Gasteiger partial charge in [0.2, 0.25) is 6.23 Å². The Bertz CT molecular complexity index is 775. The second-order valence-electron chi connectivity index (χ2n) is 5.84. The quantitative estimate of drug-likeness (QED) is 0.778. The van der Waals surface area contributed by atoms with E-state index in [1.54, 1.807) is 19.1 Å². The number of aryl methyl sites for hydroxylation is 1. The Hall–Kier alpha value is -2.74. The number of benzene rings is 1. The molecular formula is C17H20N4O4. The molecule has 1 fully saturated rings. The highest BCUT2D eigenvalue weighted by atomic mass is 16.6. The van der Waals surface area contributed by atoms with Crippen molar-refractivity contribution in [2.45, 2.75) is 33.0 Å². The van der Waals surface area contributed by atoms with E-state index in [0.717, 1.165) is 5.56 Å². The summed E-state index contributed by atoms with van der Waals surface area (Å²) in [6.07, 6.45) is 2.04. The number of rotatable bonds is 4. The first-order chi connectivity index (χ1) is 12.0. The maximum absolute atomic E-state index is 13.2. The number of carbonyl (C=O) groups excluding carboxylic acids is 2. The molecule has 1 amide bonds. The maximum atomic E-state index is 13.2. The third-order valence-corrected chi connectivity index (χ3v) is 3.96. The highest BCUT2D eigenvalue weighted by Gasteiger charge is 2.42. The molecule has 1 saturated heterocycles. The van der Waals surface area contributed by atoms with Gasteiger partial charge in [-0.1, -0.05) is 11.6 Å². The largest absolute Gasteiger partial charge is 0.463 e. The molecule has 1 aromatic carbocycles. The molecule has 0 bridgehead atoms. The highest BCUT2D eigenvalue weighted by molar-refractivity contribution is 6.00. The number of hydrogen-bond donors (Lipinski definition) is 0. The van der Waals surface area contributed by atoms with Gasteiger partial charge in [0.25, 0.3) is 5.91 Å². The summed E-state index contributed by atoms with van der Waals surface area (Å²) in [5.74, 6) is -0.884. The van der Waals surface area contributed by atoms with Crippen LogP contribution >= 0.6 is 0 Å². The van der Waals surface area contributed by atoms with Crippen LogP contribution in [0.5, 0.6) is 0 Å². The molecule has 1 aliphatic rings. The van der Waals surface area contributed by atoms with E-state index >= 15 is 0 Å². The van der Waals surface area contributed by atoms with Crippen LogP contribution in [0.2, 0.25) is 0 Å². The summed E-state index contributed by atoms with van der Waals surface area (Å²) in [5.41, 5.74) is 1.87. The summed E-state index contributed by atoms with van der Waals surface area (Å²) in [7, 11) is 0. The van der Waals surface area contributed by atoms with E-state index in [0.29, 0.717) is 11.3 Å². The van der Waals surface area contributed by atoms with Gasteiger partial charge in [-0.3, -0.25) is 9.69 Å². The molecule has 0 unspecified atom stereocenters. The number of nitrogens with zero attached hydrogens (tertiary/aromatic N) is 4. The molecule has 8 heteroatoms. The molecule has 25 heavy (non-hydrogen) atoms. The fraction of sp³-hybridized carbons (Fsp3) is 0.412. The molecule has 2 heterocycles. The van der Waals surface area contributed by atoms with Crippen LogP contribution in [-0.4, -0.2) is 57.3 Å². The first-order valence-corrected chi connectivity index (χ1v) is 8.11. The molecule has 0 N–H and O–H groups in total. The van der Waals surface area contributed by atoms with Gasteiger partial charge in [0.15, 0.2) is 0 Å². The van der Waals surface area contributed by atoms with Crippen molar-refractivity contribution >= 4 is 11.9 Å². The Kier molecular flexibility index (Phi) is 4.80. The number of ether oxygens (including phenoxy) is 2. The minimum atomic E-state index is -1.04. The molecule has 132 valence electrons. The van der Waals surface area contributed by atoms with E-state index in [-0.39, 0.29) is 25.2 Å².